The second-order valence-corrected chi connectivity index (χ2v) is 9.65. The predicted octanol–water partition coefficient (Wildman–Crippen LogP) is 4.63. The first-order valence-corrected chi connectivity index (χ1v) is 10.2. The van der Waals surface area contributed by atoms with Crippen molar-refractivity contribution in [1.82, 2.24) is 4.67 Å². The van der Waals surface area contributed by atoms with Crippen LogP contribution in [0.3, 0.4) is 0 Å². The number of hydrogen-bond donors (Lipinski definition) is 0. The molecule has 2 atom stereocenters. The van der Waals surface area contributed by atoms with E-state index < -0.39 is 14.2 Å². The molecular weight excluding hydrogens is 356 g/mol. The molecular formula is C16H22Cl2NO3P. The van der Waals surface area contributed by atoms with Crippen molar-refractivity contribution in [3.8, 4) is 0 Å². The largest absolute Gasteiger partial charge is 0.616 e. The summed E-state index contributed by atoms with van der Waals surface area (Å²) < 4.78 is 13.6. The van der Waals surface area contributed by atoms with Gasteiger partial charge in [0.15, 0.2) is 0 Å². The molecule has 2 fully saturated rings. The van der Waals surface area contributed by atoms with Crippen LogP contribution in [0.4, 0.5) is 0 Å². The molecule has 0 aliphatic carbocycles. The normalized spacial score (nSPS) is 32.0. The van der Waals surface area contributed by atoms with Gasteiger partial charge in [0.2, 0.25) is 0 Å². The van der Waals surface area contributed by atoms with Crippen LogP contribution in [-0.2, 0) is 9.05 Å². The molecule has 2 aliphatic heterocycles. The molecule has 1 aromatic rings. The van der Waals surface area contributed by atoms with E-state index in [1.165, 1.54) is 0 Å². The van der Waals surface area contributed by atoms with Crippen LogP contribution in [-0.4, -0.2) is 24.4 Å². The Balaban J connectivity index is 1.93. The van der Waals surface area contributed by atoms with Crippen molar-refractivity contribution in [2.75, 3.05) is 19.7 Å². The minimum atomic E-state index is -3.31. The molecule has 0 bridgehead atoms. The highest BCUT2D eigenvalue weighted by Gasteiger charge is 2.53. The van der Waals surface area contributed by atoms with Crippen LogP contribution in [0.1, 0.15) is 44.8 Å². The van der Waals surface area contributed by atoms with Crippen molar-refractivity contribution >= 4 is 31.3 Å². The first-order valence-electron chi connectivity index (χ1n) is 7.96. The highest BCUT2D eigenvalue weighted by Crippen LogP contribution is 2.66. The third-order valence-corrected chi connectivity index (χ3v) is 7.17. The van der Waals surface area contributed by atoms with Gasteiger partial charge in [0, 0.05) is 34.1 Å². The summed E-state index contributed by atoms with van der Waals surface area (Å²) in [5.74, 6) is 0. The summed E-state index contributed by atoms with van der Waals surface area (Å²) in [5.41, 5.74) is 0.319. The summed E-state index contributed by atoms with van der Waals surface area (Å²) in [5, 5.41) is 1.06. The Labute approximate surface area is 148 Å². The SMILES string of the molecule is CC1(C)CO[P+]([O-])(N2CCCCC2)O[C@H]1c1c(Cl)cccc1Cl. The molecule has 2 saturated heterocycles. The van der Waals surface area contributed by atoms with Gasteiger partial charge < -0.3 is 4.89 Å². The summed E-state index contributed by atoms with van der Waals surface area (Å²) in [6.45, 7) is 5.84. The molecule has 4 nitrogen and oxygen atoms in total. The molecule has 0 spiro atoms. The Morgan fingerprint density at radius 3 is 2.39 bits per heavy atom. The van der Waals surface area contributed by atoms with E-state index in [9.17, 15) is 4.89 Å². The Hall–Kier alpha value is 0.0700. The van der Waals surface area contributed by atoms with Gasteiger partial charge in [-0.3, -0.25) is 0 Å². The van der Waals surface area contributed by atoms with Gasteiger partial charge in [0.05, 0.1) is 0 Å². The molecule has 0 aromatic heterocycles. The topological polar surface area (TPSA) is 44.8 Å². The zero-order chi connectivity index (χ0) is 16.7. The van der Waals surface area contributed by atoms with Crippen LogP contribution in [0, 0.1) is 5.41 Å². The standard InChI is InChI=1S/C16H22Cl2NO3P/c1-16(2)11-21-23(20,19-9-4-3-5-10-19)22-15(16)14-12(17)7-6-8-13(14)18/h6-8,15H,3-5,9-11H2,1-2H3/t15-,23?/m0/s1. The van der Waals surface area contributed by atoms with Crippen molar-refractivity contribution in [2.24, 2.45) is 5.41 Å². The van der Waals surface area contributed by atoms with Crippen LogP contribution >= 0.6 is 31.3 Å². The summed E-state index contributed by atoms with van der Waals surface area (Å²) in [6.07, 6.45) is 2.71. The Kier molecular flexibility index (Phi) is 5.26. The Morgan fingerprint density at radius 1 is 1.17 bits per heavy atom. The molecule has 23 heavy (non-hydrogen) atoms. The number of benzene rings is 1. The molecule has 0 radical (unpaired) electrons. The van der Waals surface area contributed by atoms with Crippen LogP contribution < -0.4 is 4.89 Å². The zero-order valence-corrected chi connectivity index (χ0v) is 15.8. The van der Waals surface area contributed by atoms with Gasteiger partial charge in [-0.1, -0.05) is 49.5 Å². The van der Waals surface area contributed by atoms with Gasteiger partial charge in [0.25, 0.3) is 0 Å². The zero-order valence-electron chi connectivity index (χ0n) is 13.4. The maximum atomic E-state index is 13.3. The van der Waals surface area contributed by atoms with Crippen LogP contribution in [0.5, 0.6) is 0 Å². The first-order chi connectivity index (χ1) is 10.8. The quantitative estimate of drug-likeness (QED) is 0.704. The van der Waals surface area contributed by atoms with Crippen molar-refractivity contribution in [2.45, 2.75) is 39.2 Å². The molecule has 0 amide bonds. The molecule has 2 heterocycles. The lowest BCUT2D eigenvalue weighted by Crippen LogP contribution is -2.45. The fraction of sp³-hybridized carbons (Fsp3) is 0.625. The van der Waals surface area contributed by atoms with E-state index in [4.69, 9.17) is 32.2 Å². The van der Waals surface area contributed by atoms with Crippen molar-refractivity contribution in [3.05, 3.63) is 33.8 Å². The predicted molar refractivity (Wildman–Crippen MR) is 92.4 cm³/mol. The average Bonchev–Trinajstić information content (AvgIpc) is 2.52. The van der Waals surface area contributed by atoms with Crippen molar-refractivity contribution < 1.29 is 13.9 Å². The second-order valence-electron chi connectivity index (χ2n) is 6.87. The fourth-order valence-electron chi connectivity index (χ4n) is 3.11. The van der Waals surface area contributed by atoms with Gasteiger partial charge in [-0.05, 0) is 25.0 Å². The van der Waals surface area contributed by atoms with Gasteiger partial charge in [0.1, 0.15) is 12.7 Å². The van der Waals surface area contributed by atoms with Gasteiger partial charge in [-0.2, -0.15) is 9.05 Å². The smallest absolute Gasteiger partial charge is 0.315 e. The number of piperidine rings is 1. The minimum absolute atomic E-state index is 0.340. The molecule has 7 heteroatoms. The van der Waals surface area contributed by atoms with E-state index >= 15 is 0 Å². The Morgan fingerprint density at radius 2 is 1.78 bits per heavy atom. The lowest BCUT2D eigenvalue weighted by molar-refractivity contribution is -0.260. The Bertz CT molecular complexity index is 560. The summed E-state index contributed by atoms with van der Waals surface area (Å²) >= 11 is 12.7. The van der Waals surface area contributed by atoms with E-state index in [2.05, 4.69) is 0 Å². The molecule has 0 saturated carbocycles. The lowest BCUT2D eigenvalue weighted by atomic mass is 9.83. The number of nitrogens with zero attached hydrogens (tertiary/aromatic N) is 1. The molecule has 128 valence electrons. The number of rotatable bonds is 2. The maximum absolute atomic E-state index is 13.3. The number of halogens is 2. The van der Waals surface area contributed by atoms with E-state index in [-0.39, 0.29) is 5.41 Å². The van der Waals surface area contributed by atoms with E-state index in [0.717, 1.165) is 32.4 Å². The first kappa shape index (κ1) is 17.9. The average molecular weight is 378 g/mol. The van der Waals surface area contributed by atoms with Gasteiger partial charge in [-0.25, -0.2) is 0 Å². The third-order valence-electron chi connectivity index (χ3n) is 4.49. The highest BCUT2D eigenvalue weighted by atomic mass is 35.5. The van der Waals surface area contributed by atoms with Crippen LogP contribution in [0.25, 0.3) is 0 Å². The summed E-state index contributed by atoms with van der Waals surface area (Å²) in [4.78, 5) is 13.3. The molecule has 3 rings (SSSR count). The lowest BCUT2D eigenvalue weighted by Gasteiger charge is -2.47. The molecule has 0 N–H and O–H groups in total. The molecule has 1 aromatic carbocycles. The van der Waals surface area contributed by atoms with Gasteiger partial charge in [-0.15, -0.1) is 4.67 Å². The van der Waals surface area contributed by atoms with E-state index in [1.54, 1.807) is 18.2 Å². The monoisotopic (exact) mass is 377 g/mol. The van der Waals surface area contributed by atoms with Gasteiger partial charge >= 0.3 is 8.09 Å². The fourth-order valence-corrected chi connectivity index (χ4v) is 5.98. The third kappa shape index (κ3) is 3.55. The summed E-state index contributed by atoms with van der Waals surface area (Å²) in [7, 11) is -3.31. The highest BCUT2D eigenvalue weighted by molar-refractivity contribution is 7.56. The van der Waals surface area contributed by atoms with Crippen molar-refractivity contribution in [1.29, 1.82) is 0 Å². The second kappa shape index (κ2) is 6.76. The summed E-state index contributed by atoms with van der Waals surface area (Å²) in [6, 6.07) is 5.36. The molecule has 2 aliphatic rings. The van der Waals surface area contributed by atoms with Crippen LogP contribution in [0.15, 0.2) is 18.2 Å². The van der Waals surface area contributed by atoms with Crippen LogP contribution in [0.2, 0.25) is 10.0 Å². The van der Waals surface area contributed by atoms with E-state index in [0.29, 0.717) is 22.2 Å². The molecule has 1 unspecified atom stereocenters. The number of hydrogen-bond acceptors (Lipinski definition) is 4. The van der Waals surface area contributed by atoms with E-state index in [1.807, 2.05) is 18.5 Å². The minimum Gasteiger partial charge on any atom is -0.616 e. The van der Waals surface area contributed by atoms with Crippen molar-refractivity contribution in [3.63, 3.8) is 0 Å². The maximum Gasteiger partial charge on any atom is 0.315 e.